The average Bonchev–Trinajstić information content (AvgIpc) is 3.30. The summed E-state index contributed by atoms with van der Waals surface area (Å²) in [6, 6.07) is 20.4. The number of nitrogens with zero attached hydrogens (tertiary/aromatic N) is 3. The fourth-order valence-electron chi connectivity index (χ4n) is 3.93. The quantitative estimate of drug-likeness (QED) is 0.191. The van der Waals surface area contributed by atoms with Gasteiger partial charge >= 0.3 is 0 Å². The van der Waals surface area contributed by atoms with Crippen molar-refractivity contribution in [2.24, 2.45) is 10.5 Å². The van der Waals surface area contributed by atoms with Gasteiger partial charge in [0.25, 0.3) is 5.56 Å². The molecule has 2 heterocycles. The molecule has 0 saturated heterocycles. The molecule has 2 aromatic heterocycles. The molecule has 7 nitrogen and oxygen atoms in total. The van der Waals surface area contributed by atoms with Gasteiger partial charge in [-0.2, -0.15) is 9.78 Å². The number of para-hydroxylation sites is 1. The Morgan fingerprint density at radius 3 is 2.63 bits per heavy atom. The first-order valence-corrected chi connectivity index (χ1v) is 13.2. The van der Waals surface area contributed by atoms with Gasteiger partial charge in [0.1, 0.15) is 5.58 Å². The molecule has 0 aliphatic carbocycles. The van der Waals surface area contributed by atoms with E-state index in [9.17, 15) is 4.79 Å². The summed E-state index contributed by atoms with van der Waals surface area (Å²) in [5, 5.41) is 5.91. The van der Waals surface area contributed by atoms with E-state index < -0.39 is 0 Å². The molecule has 5 rings (SSSR count). The monoisotopic (exact) mass is 573 g/mol. The van der Waals surface area contributed by atoms with E-state index in [1.54, 1.807) is 18.3 Å². The molecular formula is C30H28BrN3O4. The van der Waals surface area contributed by atoms with Crippen LogP contribution < -0.4 is 15.0 Å². The summed E-state index contributed by atoms with van der Waals surface area (Å²) >= 11 is 3.49. The summed E-state index contributed by atoms with van der Waals surface area (Å²) < 4.78 is 20.1. The van der Waals surface area contributed by atoms with Crippen LogP contribution in [0.15, 0.2) is 85.5 Å². The largest absolute Gasteiger partial charge is 0.490 e. The Kier molecular flexibility index (Phi) is 7.08. The molecule has 3 aromatic carbocycles. The van der Waals surface area contributed by atoms with E-state index in [0.29, 0.717) is 52.8 Å². The molecule has 0 amide bonds. The zero-order valence-electron chi connectivity index (χ0n) is 21.7. The highest BCUT2D eigenvalue weighted by Crippen LogP contribution is 2.31. The smallest absolute Gasteiger partial charge is 0.282 e. The molecule has 0 aliphatic rings. The van der Waals surface area contributed by atoms with Crippen LogP contribution in [0.5, 0.6) is 11.5 Å². The molecule has 38 heavy (non-hydrogen) atoms. The second-order valence-electron chi connectivity index (χ2n) is 10.1. The second-order valence-corrected chi connectivity index (χ2v) is 11.0. The van der Waals surface area contributed by atoms with Crippen molar-refractivity contribution in [3.8, 4) is 23.1 Å². The Bertz CT molecular complexity index is 1710. The van der Waals surface area contributed by atoms with Gasteiger partial charge in [-0.3, -0.25) is 4.79 Å². The van der Waals surface area contributed by atoms with Crippen molar-refractivity contribution in [1.29, 1.82) is 0 Å². The maximum absolute atomic E-state index is 13.5. The van der Waals surface area contributed by atoms with Crippen molar-refractivity contribution in [3.63, 3.8) is 0 Å². The molecule has 0 radical (unpaired) electrons. The Morgan fingerprint density at radius 2 is 1.84 bits per heavy atom. The summed E-state index contributed by atoms with van der Waals surface area (Å²) in [5.74, 6) is 2.04. The third kappa shape index (κ3) is 5.50. The number of benzene rings is 3. The van der Waals surface area contributed by atoms with Gasteiger partial charge in [0.15, 0.2) is 17.3 Å². The summed E-state index contributed by atoms with van der Waals surface area (Å²) in [7, 11) is 0. The molecule has 194 valence electrons. The van der Waals surface area contributed by atoms with Crippen molar-refractivity contribution in [1.82, 2.24) is 9.66 Å². The predicted molar refractivity (Wildman–Crippen MR) is 154 cm³/mol. The van der Waals surface area contributed by atoms with Gasteiger partial charge in [-0.1, -0.05) is 48.8 Å². The lowest BCUT2D eigenvalue weighted by Gasteiger charge is -2.20. The minimum absolute atomic E-state index is 0.0109. The van der Waals surface area contributed by atoms with E-state index in [1.807, 2.05) is 61.5 Å². The maximum atomic E-state index is 13.5. The lowest BCUT2D eigenvalue weighted by atomic mass is 9.99. The number of fused-ring (bicyclic) bond motifs is 2. The Balaban J connectivity index is 1.59. The summed E-state index contributed by atoms with van der Waals surface area (Å²) in [6.07, 6.45) is 1.61. The lowest BCUT2D eigenvalue weighted by molar-refractivity contribution is 0.188. The summed E-state index contributed by atoms with van der Waals surface area (Å²) in [5.41, 5.74) is 1.72. The molecule has 0 saturated carbocycles. The topological polar surface area (TPSA) is 78.9 Å². The van der Waals surface area contributed by atoms with Crippen LogP contribution in [-0.2, 0) is 0 Å². The van der Waals surface area contributed by atoms with E-state index in [-0.39, 0.29) is 11.0 Å². The van der Waals surface area contributed by atoms with E-state index in [0.717, 1.165) is 15.4 Å². The van der Waals surface area contributed by atoms with Crippen LogP contribution in [0.1, 0.15) is 33.3 Å². The molecule has 0 spiro atoms. The van der Waals surface area contributed by atoms with Crippen LogP contribution in [0.4, 0.5) is 0 Å². The van der Waals surface area contributed by atoms with Gasteiger partial charge in [-0.15, -0.1) is 0 Å². The Labute approximate surface area is 228 Å². The summed E-state index contributed by atoms with van der Waals surface area (Å²) in [6.45, 7) is 9.31. The first-order valence-electron chi connectivity index (χ1n) is 12.4. The van der Waals surface area contributed by atoms with E-state index in [2.05, 4.69) is 41.8 Å². The van der Waals surface area contributed by atoms with Crippen LogP contribution in [0, 0.1) is 5.41 Å². The van der Waals surface area contributed by atoms with E-state index >= 15 is 0 Å². The number of rotatable bonds is 7. The molecule has 0 fully saturated rings. The minimum atomic E-state index is -0.293. The van der Waals surface area contributed by atoms with Crippen molar-refractivity contribution in [2.45, 2.75) is 27.7 Å². The molecular weight excluding hydrogens is 546 g/mol. The van der Waals surface area contributed by atoms with Crippen molar-refractivity contribution in [3.05, 3.63) is 87.1 Å². The van der Waals surface area contributed by atoms with Gasteiger partial charge < -0.3 is 13.9 Å². The van der Waals surface area contributed by atoms with Crippen LogP contribution in [0.25, 0.3) is 33.5 Å². The van der Waals surface area contributed by atoms with Gasteiger partial charge in [-0.05, 0) is 72.5 Å². The molecule has 0 bridgehead atoms. The second kappa shape index (κ2) is 10.5. The standard InChI is InChI=1S/C30H28BrN3O4/c1-5-36-26-14-19(10-12-25(26)37-18-30(2,3)4)17-32-34-28(33-23-9-7-6-8-22(23)29(34)35)27-16-20-15-21(31)11-13-24(20)38-27/h6-17H,5,18H2,1-4H3. The number of halogens is 1. The molecule has 8 heteroatoms. The normalized spacial score (nSPS) is 12.0. The van der Waals surface area contributed by atoms with Gasteiger partial charge in [-0.25, -0.2) is 4.98 Å². The molecule has 0 N–H and O–H groups in total. The molecule has 0 atom stereocenters. The summed E-state index contributed by atoms with van der Waals surface area (Å²) in [4.78, 5) is 18.3. The van der Waals surface area contributed by atoms with Crippen LogP contribution in [0.2, 0.25) is 0 Å². The van der Waals surface area contributed by atoms with Crippen LogP contribution in [0.3, 0.4) is 0 Å². The number of ether oxygens (including phenoxy) is 2. The number of hydrogen-bond donors (Lipinski definition) is 0. The van der Waals surface area contributed by atoms with Crippen LogP contribution in [-0.4, -0.2) is 29.1 Å². The molecule has 0 unspecified atom stereocenters. The first kappa shape index (κ1) is 25.7. The average molecular weight is 574 g/mol. The Morgan fingerprint density at radius 1 is 1.03 bits per heavy atom. The molecule has 5 aromatic rings. The predicted octanol–water partition coefficient (Wildman–Crippen LogP) is 7.28. The Hall–Kier alpha value is -3.91. The van der Waals surface area contributed by atoms with Crippen molar-refractivity contribution in [2.75, 3.05) is 13.2 Å². The SMILES string of the molecule is CCOc1cc(C=Nn2c(-c3cc4cc(Br)ccc4o3)nc3ccccc3c2=O)ccc1OCC(C)(C)C. The highest BCUT2D eigenvalue weighted by molar-refractivity contribution is 9.10. The zero-order chi connectivity index (χ0) is 26.9. The third-order valence-corrected chi connectivity index (χ3v) is 6.20. The van der Waals surface area contributed by atoms with E-state index in [4.69, 9.17) is 18.9 Å². The van der Waals surface area contributed by atoms with Crippen LogP contribution >= 0.6 is 15.9 Å². The highest BCUT2D eigenvalue weighted by atomic mass is 79.9. The minimum Gasteiger partial charge on any atom is -0.490 e. The molecule has 0 aliphatic heterocycles. The highest BCUT2D eigenvalue weighted by Gasteiger charge is 2.17. The number of aromatic nitrogens is 2. The maximum Gasteiger partial charge on any atom is 0.282 e. The zero-order valence-corrected chi connectivity index (χ0v) is 23.3. The fourth-order valence-corrected chi connectivity index (χ4v) is 4.30. The number of furan rings is 1. The van der Waals surface area contributed by atoms with Gasteiger partial charge in [0.2, 0.25) is 5.82 Å². The van der Waals surface area contributed by atoms with Crippen molar-refractivity contribution >= 4 is 44.0 Å². The number of hydrogen-bond acceptors (Lipinski definition) is 6. The van der Waals surface area contributed by atoms with E-state index in [1.165, 1.54) is 4.68 Å². The fraction of sp³-hybridized carbons (Fsp3) is 0.233. The van der Waals surface area contributed by atoms with Gasteiger partial charge in [0.05, 0.1) is 30.3 Å². The van der Waals surface area contributed by atoms with Gasteiger partial charge in [0, 0.05) is 9.86 Å². The van der Waals surface area contributed by atoms with Crippen molar-refractivity contribution < 1.29 is 13.9 Å². The third-order valence-electron chi connectivity index (χ3n) is 5.70. The lowest BCUT2D eigenvalue weighted by Crippen LogP contribution is -2.20. The first-order chi connectivity index (χ1) is 18.2.